The lowest BCUT2D eigenvalue weighted by Crippen LogP contribution is -2.23. The number of aromatic nitrogens is 1. The molecule has 1 N–H and O–H groups in total. The van der Waals surface area contributed by atoms with Gasteiger partial charge in [-0.15, -0.1) is 11.3 Å². The number of rotatable bonds is 4. The van der Waals surface area contributed by atoms with Crippen molar-refractivity contribution in [2.75, 3.05) is 33.7 Å². The van der Waals surface area contributed by atoms with E-state index in [0.29, 0.717) is 11.3 Å². The molecule has 1 aromatic rings. The van der Waals surface area contributed by atoms with Gasteiger partial charge in [-0.2, -0.15) is 0 Å². The van der Waals surface area contributed by atoms with Gasteiger partial charge in [-0.05, 0) is 46.8 Å². The second-order valence-corrected chi connectivity index (χ2v) is 7.06. The van der Waals surface area contributed by atoms with Gasteiger partial charge in [0.2, 0.25) is 0 Å². The molecule has 2 fully saturated rings. The highest BCUT2D eigenvalue weighted by atomic mass is 32.1. The molecule has 2 heterocycles. The van der Waals surface area contributed by atoms with E-state index in [2.05, 4.69) is 31.2 Å². The highest BCUT2D eigenvalue weighted by Gasteiger charge is 2.46. The standard InChI is InChI=1S/C14H23N3S/c1-10-12(14(5-6-14)9-15-2)18-13(16-10)11-4-7-17(3)8-11/h11,15H,4-9H2,1-3H3. The number of hydrogen-bond donors (Lipinski definition) is 1. The average molecular weight is 265 g/mol. The van der Waals surface area contributed by atoms with E-state index in [9.17, 15) is 0 Å². The van der Waals surface area contributed by atoms with Gasteiger partial charge in [0, 0.05) is 29.3 Å². The molecule has 2 aliphatic rings. The molecule has 1 aromatic heterocycles. The number of nitrogens with zero attached hydrogens (tertiary/aromatic N) is 2. The number of hydrogen-bond acceptors (Lipinski definition) is 4. The van der Waals surface area contributed by atoms with E-state index in [-0.39, 0.29) is 0 Å². The Bertz CT molecular complexity index is 436. The SMILES string of the molecule is CNCC1(c2sc(C3CCN(C)C3)nc2C)CC1. The summed E-state index contributed by atoms with van der Waals surface area (Å²) in [4.78, 5) is 8.85. The Kier molecular flexibility index (Phi) is 3.20. The Morgan fingerprint density at radius 1 is 1.50 bits per heavy atom. The lowest BCUT2D eigenvalue weighted by atomic mass is 10.0. The molecule has 1 aliphatic heterocycles. The largest absolute Gasteiger partial charge is 0.319 e. The highest BCUT2D eigenvalue weighted by Crippen LogP contribution is 2.51. The molecule has 1 unspecified atom stereocenters. The predicted molar refractivity (Wildman–Crippen MR) is 76.5 cm³/mol. The number of nitrogens with one attached hydrogen (secondary N) is 1. The lowest BCUT2D eigenvalue weighted by Gasteiger charge is -2.12. The molecule has 3 nitrogen and oxygen atoms in total. The molecule has 1 saturated heterocycles. The van der Waals surface area contributed by atoms with E-state index in [0.717, 1.165) is 6.54 Å². The third kappa shape index (κ3) is 2.10. The summed E-state index contributed by atoms with van der Waals surface area (Å²) in [5.41, 5.74) is 1.72. The maximum Gasteiger partial charge on any atom is 0.0975 e. The van der Waals surface area contributed by atoms with E-state index < -0.39 is 0 Å². The zero-order chi connectivity index (χ0) is 12.8. The number of likely N-dealkylation sites (N-methyl/N-ethyl adjacent to an activating group) is 2. The molecular weight excluding hydrogens is 242 g/mol. The lowest BCUT2D eigenvalue weighted by molar-refractivity contribution is 0.411. The van der Waals surface area contributed by atoms with Gasteiger partial charge in [-0.3, -0.25) is 0 Å². The topological polar surface area (TPSA) is 28.2 Å². The molecule has 0 aromatic carbocycles. The summed E-state index contributed by atoms with van der Waals surface area (Å²) >= 11 is 1.99. The van der Waals surface area contributed by atoms with Crippen LogP contribution in [0.3, 0.4) is 0 Å². The number of thiazole rings is 1. The second kappa shape index (κ2) is 4.58. The first-order valence-electron chi connectivity index (χ1n) is 6.95. The van der Waals surface area contributed by atoms with Gasteiger partial charge in [0.25, 0.3) is 0 Å². The van der Waals surface area contributed by atoms with Crippen LogP contribution in [0, 0.1) is 6.92 Å². The van der Waals surface area contributed by atoms with Crippen LogP contribution >= 0.6 is 11.3 Å². The fourth-order valence-electron chi connectivity index (χ4n) is 3.19. The van der Waals surface area contributed by atoms with E-state index >= 15 is 0 Å². The molecule has 0 radical (unpaired) electrons. The Labute approximate surface area is 114 Å². The molecule has 0 spiro atoms. The summed E-state index contributed by atoms with van der Waals surface area (Å²) in [6, 6.07) is 0. The summed E-state index contributed by atoms with van der Waals surface area (Å²) < 4.78 is 0. The molecule has 100 valence electrons. The smallest absolute Gasteiger partial charge is 0.0975 e. The van der Waals surface area contributed by atoms with Crippen molar-refractivity contribution in [3.8, 4) is 0 Å². The minimum atomic E-state index is 0.430. The van der Waals surface area contributed by atoms with Gasteiger partial charge >= 0.3 is 0 Å². The first kappa shape index (κ1) is 12.6. The number of aryl methyl sites for hydroxylation is 1. The fourth-order valence-corrected chi connectivity index (χ4v) is 4.63. The Balaban J connectivity index is 1.83. The third-order valence-electron chi connectivity index (χ3n) is 4.40. The van der Waals surface area contributed by atoms with Crippen LogP contribution in [0.2, 0.25) is 0 Å². The molecule has 0 bridgehead atoms. The van der Waals surface area contributed by atoms with Crippen molar-refractivity contribution in [1.29, 1.82) is 0 Å². The zero-order valence-corrected chi connectivity index (χ0v) is 12.4. The van der Waals surface area contributed by atoms with Crippen molar-refractivity contribution >= 4 is 11.3 Å². The molecule has 0 amide bonds. The summed E-state index contributed by atoms with van der Waals surface area (Å²) in [6.07, 6.45) is 3.95. The average Bonchev–Trinajstić information content (AvgIpc) is 2.80. The van der Waals surface area contributed by atoms with Crippen LogP contribution in [0.25, 0.3) is 0 Å². The number of likely N-dealkylation sites (tertiary alicyclic amines) is 1. The van der Waals surface area contributed by atoms with Crippen molar-refractivity contribution < 1.29 is 0 Å². The van der Waals surface area contributed by atoms with Gasteiger partial charge in [0.05, 0.1) is 10.7 Å². The van der Waals surface area contributed by atoms with Gasteiger partial charge in [0.1, 0.15) is 0 Å². The maximum absolute atomic E-state index is 4.88. The molecule has 3 rings (SSSR count). The Hall–Kier alpha value is -0.450. The normalized spacial score (nSPS) is 26.7. The van der Waals surface area contributed by atoms with Crippen LogP contribution in [0.15, 0.2) is 0 Å². The Morgan fingerprint density at radius 3 is 2.83 bits per heavy atom. The monoisotopic (exact) mass is 265 g/mol. The van der Waals surface area contributed by atoms with E-state index in [1.807, 2.05) is 11.3 Å². The van der Waals surface area contributed by atoms with Crippen LogP contribution in [-0.4, -0.2) is 43.6 Å². The van der Waals surface area contributed by atoms with Crippen molar-refractivity contribution in [2.24, 2.45) is 0 Å². The maximum atomic E-state index is 4.88. The summed E-state index contributed by atoms with van der Waals surface area (Å²) in [5, 5.41) is 4.74. The van der Waals surface area contributed by atoms with Crippen LogP contribution < -0.4 is 5.32 Å². The quantitative estimate of drug-likeness (QED) is 0.904. The first-order valence-corrected chi connectivity index (χ1v) is 7.77. The van der Waals surface area contributed by atoms with Crippen molar-refractivity contribution in [1.82, 2.24) is 15.2 Å². The van der Waals surface area contributed by atoms with Crippen molar-refractivity contribution in [2.45, 2.75) is 37.5 Å². The van der Waals surface area contributed by atoms with Crippen molar-refractivity contribution in [3.05, 3.63) is 15.6 Å². The molecule has 1 aliphatic carbocycles. The second-order valence-electron chi connectivity index (χ2n) is 6.03. The van der Waals surface area contributed by atoms with Crippen LogP contribution in [0.4, 0.5) is 0 Å². The predicted octanol–water partition coefficient (Wildman–Crippen LogP) is 2.12. The van der Waals surface area contributed by atoms with Gasteiger partial charge in [0.15, 0.2) is 0 Å². The zero-order valence-electron chi connectivity index (χ0n) is 11.6. The molecular formula is C14H23N3S. The fraction of sp³-hybridized carbons (Fsp3) is 0.786. The summed E-state index contributed by atoms with van der Waals surface area (Å²) in [6.45, 7) is 5.72. The van der Waals surface area contributed by atoms with E-state index in [4.69, 9.17) is 4.98 Å². The third-order valence-corrected chi connectivity index (χ3v) is 5.97. The van der Waals surface area contributed by atoms with Gasteiger partial charge in [-0.1, -0.05) is 0 Å². The van der Waals surface area contributed by atoms with Gasteiger partial charge in [-0.25, -0.2) is 4.98 Å². The van der Waals surface area contributed by atoms with E-state index in [1.54, 1.807) is 4.88 Å². The molecule has 1 atom stereocenters. The molecule has 4 heteroatoms. The van der Waals surface area contributed by atoms with Crippen LogP contribution in [-0.2, 0) is 5.41 Å². The highest BCUT2D eigenvalue weighted by molar-refractivity contribution is 7.12. The van der Waals surface area contributed by atoms with Gasteiger partial charge < -0.3 is 10.2 Å². The van der Waals surface area contributed by atoms with E-state index in [1.165, 1.54) is 43.1 Å². The Morgan fingerprint density at radius 2 is 2.28 bits per heavy atom. The minimum absolute atomic E-state index is 0.430. The van der Waals surface area contributed by atoms with Crippen LogP contribution in [0.1, 0.15) is 40.8 Å². The summed E-state index contributed by atoms with van der Waals surface area (Å²) in [5.74, 6) is 0.679. The van der Waals surface area contributed by atoms with Crippen molar-refractivity contribution in [3.63, 3.8) is 0 Å². The molecule has 18 heavy (non-hydrogen) atoms. The minimum Gasteiger partial charge on any atom is -0.319 e. The van der Waals surface area contributed by atoms with Crippen LogP contribution in [0.5, 0.6) is 0 Å². The first-order chi connectivity index (χ1) is 8.64. The summed E-state index contributed by atoms with van der Waals surface area (Å²) in [7, 11) is 4.27. The molecule has 1 saturated carbocycles.